The molecule has 2 aromatic heterocycles. The Balaban J connectivity index is 1.63. The van der Waals surface area contributed by atoms with Crippen molar-refractivity contribution in [2.75, 3.05) is 12.9 Å². The highest BCUT2D eigenvalue weighted by molar-refractivity contribution is 7.98. The Hall–Kier alpha value is -2.55. The number of rotatable bonds is 7. The first-order valence-corrected chi connectivity index (χ1v) is 9.60. The van der Waals surface area contributed by atoms with Gasteiger partial charge in [0, 0.05) is 26.4 Å². The van der Waals surface area contributed by atoms with Crippen LogP contribution in [-0.4, -0.2) is 31.5 Å². The highest BCUT2D eigenvalue weighted by Crippen LogP contribution is 2.21. The molecule has 3 aromatic rings. The quantitative estimate of drug-likeness (QED) is 0.575. The first-order valence-electron chi connectivity index (χ1n) is 8.45. The Bertz CT molecular complexity index is 1090. The number of fused-ring (bicyclic) bond motifs is 1. The molecule has 1 aromatic carbocycles. The molecule has 0 saturated heterocycles. The molecule has 0 aliphatic carbocycles. The number of imidazole rings is 1. The van der Waals surface area contributed by atoms with Gasteiger partial charge in [-0.05, 0) is 29.9 Å². The van der Waals surface area contributed by atoms with Crippen molar-refractivity contribution < 1.29 is 9.13 Å². The van der Waals surface area contributed by atoms with Gasteiger partial charge in [0.2, 0.25) is 0 Å². The number of hydrogen-bond donors (Lipinski definition) is 0. The number of aromatic nitrogens is 4. The molecule has 0 spiro atoms. The van der Waals surface area contributed by atoms with E-state index in [1.165, 1.54) is 28.6 Å². The van der Waals surface area contributed by atoms with E-state index in [4.69, 9.17) is 4.74 Å². The number of thioether (sulfide) groups is 1. The van der Waals surface area contributed by atoms with Crippen molar-refractivity contribution >= 4 is 22.9 Å². The van der Waals surface area contributed by atoms with Crippen molar-refractivity contribution in [1.29, 1.82) is 0 Å². The first kappa shape index (κ1) is 19.2. The van der Waals surface area contributed by atoms with Gasteiger partial charge in [-0.3, -0.25) is 13.9 Å². The topological polar surface area (TPSA) is 71.1 Å². The van der Waals surface area contributed by atoms with Gasteiger partial charge in [0.1, 0.15) is 0 Å². The summed E-state index contributed by atoms with van der Waals surface area (Å²) in [5.41, 5.74) is 0.976. The molecule has 0 unspecified atom stereocenters. The summed E-state index contributed by atoms with van der Waals surface area (Å²) in [7, 11) is 4.78. The molecule has 9 heteroatoms. The second-order valence-electron chi connectivity index (χ2n) is 6.20. The maximum atomic E-state index is 13.7. The average molecular weight is 392 g/mol. The number of nitrogens with zero attached hydrogens (tertiary/aromatic N) is 4. The minimum atomic E-state index is -0.380. The lowest BCUT2D eigenvalue weighted by Crippen LogP contribution is -2.39. The lowest BCUT2D eigenvalue weighted by molar-refractivity contribution is 0.386. The Kier molecular flexibility index (Phi) is 5.69. The van der Waals surface area contributed by atoms with Gasteiger partial charge < -0.3 is 9.30 Å². The molecule has 0 fully saturated rings. The SMILES string of the molecule is COc1ccc(CSCCCn2c(=O)c3c(ncn3C)n(C)c2=O)cc1F. The second-order valence-corrected chi connectivity index (χ2v) is 7.31. The van der Waals surface area contributed by atoms with E-state index in [0.29, 0.717) is 29.9 Å². The van der Waals surface area contributed by atoms with Crippen molar-refractivity contribution in [3.8, 4) is 5.75 Å². The summed E-state index contributed by atoms with van der Waals surface area (Å²) in [6, 6.07) is 4.89. The molecule has 0 amide bonds. The van der Waals surface area contributed by atoms with Crippen LogP contribution < -0.4 is 16.0 Å². The fourth-order valence-corrected chi connectivity index (χ4v) is 3.80. The molecule has 0 N–H and O–H groups in total. The van der Waals surface area contributed by atoms with E-state index in [1.54, 1.807) is 36.5 Å². The monoisotopic (exact) mass is 392 g/mol. The van der Waals surface area contributed by atoms with Crippen LogP contribution in [0.1, 0.15) is 12.0 Å². The Morgan fingerprint density at radius 1 is 1.26 bits per heavy atom. The van der Waals surface area contributed by atoms with E-state index in [9.17, 15) is 14.0 Å². The van der Waals surface area contributed by atoms with E-state index in [1.807, 2.05) is 6.07 Å². The number of ether oxygens (including phenoxy) is 1. The zero-order valence-electron chi connectivity index (χ0n) is 15.4. The molecule has 3 rings (SSSR count). The molecule has 144 valence electrons. The lowest BCUT2D eigenvalue weighted by atomic mass is 10.2. The second kappa shape index (κ2) is 7.99. The van der Waals surface area contributed by atoms with Crippen LogP contribution in [0.3, 0.4) is 0 Å². The third-order valence-corrected chi connectivity index (χ3v) is 5.47. The van der Waals surface area contributed by atoms with Gasteiger partial charge in [-0.1, -0.05) is 6.07 Å². The van der Waals surface area contributed by atoms with Crippen LogP contribution >= 0.6 is 11.8 Å². The number of benzene rings is 1. The smallest absolute Gasteiger partial charge is 0.332 e. The summed E-state index contributed by atoms with van der Waals surface area (Å²) < 4.78 is 22.9. The highest BCUT2D eigenvalue weighted by Gasteiger charge is 2.14. The Morgan fingerprint density at radius 3 is 2.74 bits per heavy atom. The van der Waals surface area contributed by atoms with E-state index < -0.39 is 0 Å². The maximum Gasteiger partial charge on any atom is 0.332 e. The van der Waals surface area contributed by atoms with Gasteiger partial charge in [-0.2, -0.15) is 11.8 Å². The molecule has 0 saturated carbocycles. The minimum Gasteiger partial charge on any atom is -0.494 e. The highest BCUT2D eigenvalue weighted by atomic mass is 32.2. The molecule has 0 aliphatic rings. The molecule has 2 heterocycles. The predicted molar refractivity (Wildman–Crippen MR) is 104 cm³/mol. The zero-order valence-corrected chi connectivity index (χ0v) is 16.3. The summed E-state index contributed by atoms with van der Waals surface area (Å²) >= 11 is 1.62. The van der Waals surface area contributed by atoms with Crippen LogP contribution in [0.5, 0.6) is 5.75 Å². The Morgan fingerprint density at radius 2 is 2.04 bits per heavy atom. The molecule has 0 radical (unpaired) electrons. The third-order valence-electron chi connectivity index (χ3n) is 4.36. The molecule has 27 heavy (non-hydrogen) atoms. The largest absolute Gasteiger partial charge is 0.494 e. The van der Waals surface area contributed by atoms with Gasteiger partial charge in [0.15, 0.2) is 22.7 Å². The zero-order chi connectivity index (χ0) is 19.6. The van der Waals surface area contributed by atoms with Crippen molar-refractivity contribution in [1.82, 2.24) is 18.7 Å². The summed E-state index contributed by atoms with van der Waals surface area (Å²) in [6.07, 6.45) is 2.18. The van der Waals surface area contributed by atoms with E-state index in [-0.39, 0.29) is 22.8 Å². The predicted octanol–water partition coefficient (Wildman–Crippen LogP) is 1.90. The van der Waals surface area contributed by atoms with Crippen LogP contribution in [0.25, 0.3) is 11.2 Å². The van der Waals surface area contributed by atoms with E-state index in [2.05, 4.69) is 4.98 Å². The number of hydrogen-bond acceptors (Lipinski definition) is 5. The van der Waals surface area contributed by atoms with Crippen LogP contribution in [0.4, 0.5) is 4.39 Å². The van der Waals surface area contributed by atoms with Gasteiger partial charge in [-0.25, -0.2) is 14.2 Å². The fraction of sp³-hybridized carbons (Fsp3) is 0.389. The molecular weight excluding hydrogens is 371 g/mol. The van der Waals surface area contributed by atoms with Crippen LogP contribution in [-0.2, 0) is 26.4 Å². The van der Waals surface area contributed by atoms with Crippen molar-refractivity contribution in [2.45, 2.75) is 18.7 Å². The fourth-order valence-electron chi connectivity index (χ4n) is 2.91. The summed E-state index contributed by atoms with van der Waals surface area (Å²) in [4.78, 5) is 29.1. The standard InChI is InChI=1S/C18H21FN4O3S/c1-21-11-20-16-15(21)17(24)23(18(25)22(16)2)7-4-8-27-10-12-5-6-14(26-3)13(19)9-12/h5-6,9,11H,4,7-8,10H2,1-3H3. The molecular formula is C18H21FN4O3S. The average Bonchev–Trinajstić information content (AvgIpc) is 3.04. The number of methoxy groups -OCH3 is 1. The van der Waals surface area contributed by atoms with Crippen LogP contribution in [0, 0.1) is 5.82 Å². The molecule has 0 atom stereocenters. The van der Waals surface area contributed by atoms with Crippen molar-refractivity contribution in [2.24, 2.45) is 14.1 Å². The summed E-state index contributed by atoms with van der Waals surface area (Å²) in [6.45, 7) is 0.330. The Labute approximate surface area is 159 Å². The molecule has 0 bridgehead atoms. The maximum absolute atomic E-state index is 13.7. The summed E-state index contributed by atoms with van der Waals surface area (Å²) in [5, 5.41) is 0. The summed E-state index contributed by atoms with van der Waals surface area (Å²) in [5.74, 6) is 1.24. The lowest BCUT2D eigenvalue weighted by Gasteiger charge is -2.09. The van der Waals surface area contributed by atoms with Crippen molar-refractivity contribution in [3.05, 3.63) is 56.7 Å². The number of halogens is 1. The van der Waals surface area contributed by atoms with E-state index in [0.717, 1.165) is 11.3 Å². The first-order chi connectivity index (χ1) is 12.9. The van der Waals surface area contributed by atoms with Gasteiger partial charge >= 0.3 is 5.69 Å². The molecule has 0 aliphatic heterocycles. The van der Waals surface area contributed by atoms with Crippen LogP contribution in [0.15, 0.2) is 34.1 Å². The van der Waals surface area contributed by atoms with Crippen molar-refractivity contribution in [3.63, 3.8) is 0 Å². The van der Waals surface area contributed by atoms with Gasteiger partial charge in [0.25, 0.3) is 5.56 Å². The molecule has 7 nitrogen and oxygen atoms in total. The van der Waals surface area contributed by atoms with E-state index >= 15 is 0 Å². The van der Waals surface area contributed by atoms with Gasteiger partial charge in [-0.15, -0.1) is 0 Å². The number of aryl methyl sites for hydroxylation is 2. The third kappa shape index (κ3) is 3.78. The van der Waals surface area contributed by atoms with Gasteiger partial charge in [0.05, 0.1) is 13.4 Å². The normalized spacial score (nSPS) is 11.3. The van der Waals surface area contributed by atoms with Crippen LogP contribution in [0.2, 0.25) is 0 Å². The minimum absolute atomic E-state index is 0.226.